The van der Waals surface area contributed by atoms with Gasteiger partial charge in [0.1, 0.15) is 41.1 Å². The van der Waals surface area contributed by atoms with E-state index in [1.807, 2.05) is 16.7 Å². The molecule has 3 aromatic carbocycles. The minimum absolute atomic E-state index is 0.0240. The summed E-state index contributed by atoms with van der Waals surface area (Å²) < 4.78 is 47.4. The highest BCUT2D eigenvalue weighted by atomic mass is 35.5. The Bertz CT molecular complexity index is 1730. The van der Waals surface area contributed by atoms with Gasteiger partial charge in [-0.25, -0.2) is 18.6 Å². The fraction of sp³-hybridized carbons (Fsp3) is 0.355. The summed E-state index contributed by atoms with van der Waals surface area (Å²) in [6.07, 6.45) is 1.67. The summed E-state index contributed by atoms with van der Waals surface area (Å²) in [6.45, 7) is 4.33. The first-order valence-corrected chi connectivity index (χ1v) is 14.6. The van der Waals surface area contributed by atoms with Crippen molar-refractivity contribution in [2.75, 3.05) is 20.3 Å². The van der Waals surface area contributed by atoms with Gasteiger partial charge in [0.15, 0.2) is 0 Å². The second kappa shape index (κ2) is 11.9. The van der Waals surface area contributed by atoms with Crippen molar-refractivity contribution in [3.63, 3.8) is 0 Å². The number of fused-ring (bicyclic) bond motifs is 2. The summed E-state index contributed by atoms with van der Waals surface area (Å²) in [5, 5.41) is 9.79. The molecule has 8 nitrogen and oxygen atoms in total. The van der Waals surface area contributed by atoms with Crippen molar-refractivity contribution in [3.8, 4) is 11.5 Å². The lowest BCUT2D eigenvalue weighted by atomic mass is 9.93. The van der Waals surface area contributed by atoms with Crippen LogP contribution in [0.5, 0.6) is 11.5 Å². The molecule has 0 amide bonds. The second-order valence-corrected chi connectivity index (χ2v) is 11.6. The van der Waals surface area contributed by atoms with Crippen molar-refractivity contribution in [1.82, 2.24) is 14.5 Å². The standard InChI is InChI=1S/C31H29Cl2F2N3O5/c1-16-21-11-27(43-15-19-8-25(35)22(32)12-24(19)34)23(33)7-17(21)3-5-37(16)14-29-36-30-26(38(29)13-20-4-6-42-20)9-18(31(39)40)10-28(30)41-2/h7-12,16,20H,3-6,13-15H2,1-2H3,(H,39,40)/t16-,20-/m0/s1. The number of nitrogens with zero attached hydrogens (tertiary/aromatic N) is 3. The first kappa shape index (κ1) is 29.6. The van der Waals surface area contributed by atoms with Gasteiger partial charge in [0.2, 0.25) is 0 Å². The molecule has 2 aliphatic heterocycles. The number of carbonyl (C=O) groups is 1. The highest BCUT2D eigenvalue weighted by Gasteiger charge is 2.29. The van der Waals surface area contributed by atoms with Crippen molar-refractivity contribution in [1.29, 1.82) is 0 Å². The van der Waals surface area contributed by atoms with Gasteiger partial charge in [-0.2, -0.15) is 0 Å². The normalized spacial score (nSPS) is 18.4. The summed E-state index contributed by atoms with van der Waals surface area (Å²) in [5.41, 5.74) is 3.51. The molecule has 2 aliphatic rings. The molecule has 43 heavy (non-hydrogen) atoms. The Labute approximate surface area is 256 Å². The third kappa shape index (κ3) is 5.76. The highest BCUT2D eigenvalue weighted by molar-refractivity contribution is 6.32. The zero-order chi connectivity index (χ0) is 30.4. The first-order chi connectivity index (χ1) is 20.6. The molecular weight excluding hydrogens is 603 g/mol. The maximum Gasteiger partial charge on any atom is 0.335 e. The molecule has 3 heterocycles. The van der Waals surface area contributed by atoms with Crippen molar-refractivity contribution in [2.45, 2.75) is 51.6 Å². The third-order valence-electron chi connectivity index (χ3n) is 8.22. The van der Waals surface area contributed by atoms with Gasteiger partial charge >= 0.3 is 5.97 Å². The summed E-state index contributed by atoms with van der Waals surface area (Å²) in [7, 11) is 1.50. The van der Waals surface area contributed by atoms with Crippen LogP contribution < -0.4 is 9.47 Å². The van der Waals surface area contributed by atoms with Gasteiger partial charge in [0.25, 0.3) is 0 Å². The molecule has 0 radical (unpaired) electrons. The second-order valence-electron chi connectivity index (χ2n) is 10.8. The zero-order valence-corrected chi connectivity index (χ0v) is 25.0. The molecule has 1 N–H and O–H groups in total. The molecule has 1 saturated heterocycles. The number of aromatic carboxylic acids is 1. The molecule has 6 rings (SSSR count). The molecule has 12 heteroatoms. The Kier molecular flexibility index (Phi) is 8.21. The number of carboxylic acids is 1. The number of carboxylic acid groups (broad SMARTS) is 1. The molecule has 1 aromatic heterocycles. The summed E-state index contributed by atoms with van der Waals surface area (Å²) >= 11 is 12.2. The van der Waals surface area contributed by atoms with Gasteiger partial charge in [0, 0.05) is 24.8 Å². The van der Waals surface area contributed by atoms with Crippen LogP contribution >= 0.6 is 23.2 Å². The van der Waals surface area contributed by atoms with Gasteiger partial charge in [-0.1, -0.05) is 23.2 Å². The first-order valence-electron chi connectivity index (χ1n) is 13.9. The van der Waals surface area contributed by atoms with Gasteiger partial charge in [0.05, 0.1) is 47.4 Å². The largest absolute Gasteiger partial charge is 0.494 e. The van der Waals surface area contributed by atoms with E-state index >= 15 is 0 Å². The molecular formula is C31H29Cl2F2N3O5. The summed E-state index contributed by atoms with van der Waals surface area (Å²) in [5.74, 6) is -0.904. The van der Waals surface area contributed by atoms with Gasteiger partial charge in [-0.3, -0.25) is 4.90 Å². The van der Waals surface area contributed by atoms with E-state index in [0.717, 1.165) is 48.5 Å². The lowest BCUT2D eigenvalue weighted by Gasteiger charge is -2.36. The van der Waals surface area contributed by atoms with E-state index in [1.165, 1.54) is 13.2 Å². The average molecular weight is 632 g/mol. The van der Waals surface area contributed by atoms with Crippen LogP contribution in [-0.4, -0.2) is 51.9 Å². The summed E-state index contributed by atoms with van der Waals surface area (Å²) in [4.78, 5) is 19.0. The van der Waals surface area contributed by atoms with Crippen LogP contribution in [0.15, 0.2) is 36.4 Å². The van der Waals surface area contributed by atoms with Crippen LogP contribution in [-0.2, 0) is 30.9 Å². The minimum atomic E-state index is -1.05. The van der Waals surface area contributed by atoms with Crippen LogP contribution in [0.1, 0.15) is 52.3 Å². The molecule has 0 bridgehead atoms. The number of hydrogen-bond acceptors (Lipinski definition) is 6. The molecule has 2 atom stereocenters. The van der Waals surface area contributed by atoms with Crippen molar-refractivity contribution < 1.29 is 32.9 Å². The number of rotatable bonds is 9. The third-order valence-corrected chi connectivity index (χ3v) is 8.81. The lowest BCUT2D eigenvalue weighted by molar-refractivity contribution is -0.0592. The fourth-order valence-electron chi connectivity index (χ4n) is 5.68. The highest BCUT2D eigenvalue weighted by Crippen LogP contribution is 2.38. The van der Waals surface area contributed by atoms with Crippen LogP contribution in [0.2, 0.25) is 10.0 Å². The Morgan fingerprint density at radius 1 is 1.12 bits per heavy atom. The number of benzene rings is 3. The number of aromatic nitrogens is 2. The topological polar surface area (TPSA) is 86.0 Å². The van der Waals surface area contributed by atoms with Crippen LogP contribution in [0, 0.1) is 11.6 Å². The fourth-order valence-corrected chi connectivity index (χ4v) is 6.07. The van der Waals surface area contributed by atoms with Gasteiger partial charge < -0.3 is 23.9 Å². The molecule has 226 valence electrons. The zero-order valence-electron chi connectivity index (χ0n) is 23.5. The van der Waals surface area contributed by atoms with Gasteiger partial charge in [-0.15, -0.1) is 0 Å². The van der Waals surface area contributed by atoms with Crippen molar-refractivity contribution in [3.05, 3.63) is 86.2 Å². The SMILES string of the molecule is COc1cc(C(=O)O)cc2c1nc(CN1CCc3cc(Cl)c(OCc4cc(F)c(Cl)cc4F)cc3[C@@H]1C)n2C[C@@H]1CCO1. The van der Waals surface area contributed by atoms with Crippen LogP contribution in [0.4, 0.5) is 8.78 Å². The van der Waals surface area contributed by atoms with E-state index in [9.17, 15) is 18.7 Å². The van der Waals surface area contributed by atoms with E-state index in [1.54, 1.807) is 6.07 Å². The maximum atomic E-state index is 14.3. The van der Waals surface area contributed by atoms with Crippen LogP contribution in [0.3, 0.4) is 0 Å². The number of methoxy groups -OCH3 is 1. The lowest BCUT2D eigenvalue weighted by Crippen LogP contribution is -2.36. The maximum absolute atomic E-state index is 14.3. The molecule has 0 saturated carbocycles. The Hall–Kier alpha value is -3.44. The van der Waals surface area contributed by atoms with E-state index in [0.29, 0.717) is 47.3 Å². The molecule has 4 aromatic rings. The molecule has 1 fully saturated rings. The quantitative estimate of drug-likeness (QED) is 0.203. The van der Waals surface area contributed by atoms with Gasteiger partial charge in [-0.05, 0) is 67.3 Å². The number of ether oxygens (including phenoxy) is 3. The smallest absolute Gasteiger partial charge is 0.335 e. The van der Waals surface area contributed by atoms with Crippen molar-refractivity contribution in [2.24, 2.45) is 0 Å². The number of halogens is 4. The van der Waals surface area contributed by atoms with Crippen molar-refractivity contribution >= 4 is 40.2 Å². The number of hydrogen-bond donors (Lipinski definition) is 1. The predicted octanol–water partition coefficient (Wildman–Crippen LogP) is 6.82. The Balaban J connectivity index is 1.29. The van der Waals surface area contributed by atoms with E-state index in [4.69, 9.17) is 42.4 Å². The van der Waals surface area contributed by atoms with E-state index in [-0.39, 0.29) is 34.9 Å². The molecule has 0 unspecified atom stereocenters. The average Bonchev–Trinajstić information content (AvgIpc) is 3.29. The van der Waals surface area contributed by atoms with Crippen LogP contribution in [0.25, 0.3) is 11.0 Å². The Morgan fingerprint density at radius 2 is 1.91 bits per heavy atom. The summed E-state index contributed by atoms with van der Waals surface area (Å²) in [6, 6.07) is 8.71. The Morgan fingerprint density at radius 3 is 2.60 bits per heavy atom. The predicted molar refractivity (Wildman–Crippen MR) is 157 cm³/mol. The molecule has 0 aliphatic carbocycles. The van der Waals surface area contributed by atoms with E-state index in [2.05, 4.69) is 11.8 Å². The number of imidazole rings is 1. The minimum Gasteiger partial charge on any atom is -0.494 e. The monoisotopic (exact) mass is 631 g/mol. The van der Waals surface area contributed by atoms with E-state index < -0.39 is 17.6 Å². The molecule has 0 spiro atoms.